The molecule has 21 heavy (non-hydrogen) atoms. The molecule has 2 rings (SSSR count). The van der Waals surface area contributed by atoms with Gasteiger partial charge in [-0.15, -0.1) is 0 Å². The highest BCUT2D eigenvalue weighted by Crippen LogP contribution is 2.24. The Hall–Kier alpha value is -1.26. The lowest BCUT2D eigenvalue weighted by Crippen LogP contribution is -2.41. The van der Waals surface area contributed by atoms with E-state index < -0.39 is 6.10 Å². The Bertz CT molecular complexity index is 429. The number of hydrogen-bond donors (Lipinski definition) is 2. The Morgan fingerprint density at radius 3 is 2.57 bits per heavy atom. The number of aliphatic hydroxyl groups excluding tert-OH is 1. The number of β-amino-alcohol motifs (C(OH)–C–C–N with tert-alkyl or cyclic N) is 1. The number of rotatable bonds is 6. The topological polar surface area (TPSA) is 58.7 Å². The van der Waals surface area contributed by atoms with Crippen LogP contribution in [-0.2, 0) is 0 Å². The quantitative estimate of drug-likeness (QED) is 0.790. The maximum atomic E-state index is 10.1. The molecule has 1 saturated heterocycles. The number of nitrogens with two attached hydrogens (primary N) is 1. The van der Waals surface area contributed by atoms with Crippen LogP contribution in [0.4, 0.5) is 5.69 Å². The molecule has 0 aromatic heterocycles. The van der Waals surface area contributed by atoms with Crippen molar-refractivity contribution < 1.29 is 9.84 Å². The number of piperidine rings is 1. The van der Waals surface area contributed by atoms with Gasteiger partial charge in [0.2, 0.25) is 0 Å². The fourth-order valence-electron chi connectivity index (χ4n) is 2.95. The minimum atomic E-state index is -0.472. The van der Waals surface area contributed by atoms with Gasteiger partial charge in [-0.05, 0) is 49.9 Å². The largest absolute Gasteiger partial charge is 0.489 e. The molecule has 4 heteroatoms. The predicted octanol–water partition coefficient (Wildman–Crippen LogP) is 2.38. The first-order valence-electron chi connectivity index (χ1n) is 7.94. The maximum absolute atomic E-state index is 10.1. The zero-order valence-electron chi connectivity index (χ0n) is 13.2. The van der Waals surface area contributed by atoms with Crippen molar-refractivity contribution in [3.8, 4) is 5.75 Å². The van der Waals surface area contributed by atoms with E-state index in [1.54, 1.807) is 6.07 Å². The number of nitrogen functional groups attached to an aromatic ring is 1. The molecule has 1 unspecified atom stereocenters. The molecule has 1 aromatic rings. The smallest absolute Gasteiger partial charge is 0.142 e. The zero-order valence-corrected chi connectivity index (χ0v) is 13.2. The van der Waals surface area contributed by atoms with Crippen LogP contribution in [0.15, 0.2) is 24.3 Å². The van der Waals surface area contributed by atoms with Gasteiger partial charge in [0.15, 0.2) is 0 Å². The van der Waals surface area contributed by atoms with E-state index in [2.05, 4.69) is 18.7 Å². The van der Waals surface area contributed by atoms with E-state index in [0.717, 1.165) is 24.9 Å². The minimum absolute atomic E-state index is 0.290. The van der Waals surface area contributed by atoms with E-state index in [-0.39, 0.29) is 0 Å². The van der Waals surface area contributed by atoms with Crippen LogP contribution in [0.5, 0.6) is 5.75 Å². The van der Waals surface area contributed by atoms with E-state index in [1.165, 1.54) is 12.8 Å². The molecular weight excluding hydrogens is 264 g/mol. The van der Waals surface area contributed by atoms with E-state index in [9.17, 15) is 5.11 Å². The molecule has 1 aliphatic heterocycles. The van der Waals surface area contributed by atoms with Gasteiger partial charge in [0, 0.05) is 6.54 Å². The molecule has 1 atom stereocenters. The Kier molecular flexibility index (Phi) is 5.88. The van der Waals surface area contributed by atoms with Gasteiger partial charge in [-0.25, -0.2) is 0 Å². The summed E-state index contributed by atoms with van der Waals surface area (Å²) in [6, 6.07) is 7.39. The average Bonchev–Trinajstić information content (AvgIpc) is 2.47. The minimum Gasteiger partial charge on any atom is -0.489 e. The summed E-state index contributed by atoms with van der Waals surface area (Å²) in [6.07, 6.45) is 1.99. The standard InChI is InChI=1S/C17H28N2O2/c1-13(2)14-7-9-19(10-8-14)11-15(20)12-21-17-6-4-3-5-16(17)18/h3-6,13-15,20H,7-12,18H2,1-2H3. The van der Waals surface area contributed by atoms with Gasteiger partial charge in [0.05, 0.1) is 5.69 Å². The Morgan fingerprint density at radius 2 is 1.95 bits per heavy atom. The molecule has 0 amide bonds. The highest BCUT2D eigenvalue weighted by Gasteiger charge is 2.23. The first-order valence-corrected chi connectivity index (χ1v) is 7.94. The maximum Gasteiger partial charge on any atom is 0.142 e. The van der Waals surface area contributed by atoms with Gasteiger partial charge in [0.25, 0.3) is 0 Å². The summed E-state index contributed by atoms with van der Waals surface area (Å²) < 4.78 is 5.60. The van der Waals surface area contributed by atoms with Crippen LogP contribution in [0.1, 0.15) is 26.7 Å². The second-order valence-corrected chi connectivity index (χ2v) is 6.38. The fourth-order valence-corrected chi connectivity index (χ4v) is 2.95. The molecule has 1 fully saturated rings. The normalized spacial score (nSPS) is 18.9. The monoisotopic (exact) mass is 292 g/mol. The van der Waals surface area contributed by atoms with Crippen LogP contribution < -0.4 is 10.5 Å². The molecule has 0 aliphatic carbocycles. The van der Waals surface area contributed by atoms with Crippen molar-refractivity contribution in [1.82, 2.24) is 4.90 Å². The molecule has 0 saturated carbocycles. The third kappa shape index (κ3) is 4.90. The van der Waals surface area contributed by atoms with Gasteiger partial charge >= 0.3 is 0 Å². The second kappa shape index (κ2) is 7.66. The van der Waals surface area contributed by atoms with Crippen molar-refractivity contribution in [2.75, 3.05) is 32.0 Å². The van der Waals surface area contributed by atoms with E-state index in [1.807, 2.05) is 18.2 Å². The average molecular weight is 292 g/mol. The van der Waals surface area contributed by atoms with Crippen LogP contribution in [0.25, 0.3) is 0 Å². The Morgan fingerprint density at radius 1 is 1.29 bits per heavy atom. The fraction of sp³-hybridized carbons (Fsp3) is 0.647. The third-order valence-electron chi connectivity index (χ3n) is 4.39. The van der Waals surface area contributed by atoms with Crippen LogP contribution >= 0.6 is 0 Å². The van der Waals surface area contributed by atoms with Gasteiger partial charge in [-0.1, -0.05) is 26.0 Å². The predicted molar refractivity (Wildman–Crippen MR) is 86.4 cm³/mol. The highest BCUT2D eigenvalue weighted by molar-refractivity contribution is 5.51. The number of nitrogens with zero attached hydrogens (tertiary/aromatic N) is 1. The van der Waals surface area contributed by atoms with Gasteiger partial charge in [-0.3, -0.25) is 0 Å². The lowest BCUT2D eigenvalue weighted by atomic mass is 9.87. The SMILES string of the molecule is CC(C)C1CCN(CC(O)COc2ccccc2N)CC1. The summed E-state index contributed by atoms with van der Waals surface area (Å²) >= 11 is 0. The summed E-state index contributed by atoms with van der Waals surface area (Å²) in [4.78, 5) is 2.33. The van der Waals surface area contributed by atoms with E-state index >= 15 is 0 Å². The van der Waals surface area contributed by atoms with Crippen LogP contribution in [0, 0.1) is 11.8 Å². The summed E-state index contributed by atoms with van der Waals surface area (Å²) in [5, 5.41) is 10.1. The summed E-state index contributed by atoms with van der Waals surface area (Å²) in [5.41, 5.74) is 6.43. The van der Waals surface area contributed by atoms with E-state index in [0.29, 0.717) is 24.6 Å². The van der Waals surface area contributed by atoms with Crippen LogP contribution in [0.2, 0.25) is 0 Å². The Balaban J connectivity index is 1.71. The molecule has 0 radical (unpaired) electrons. The highest BCUT2D eigenvalue weighted by atomic mass is 16.5. The molecule has 1 aliphatic rings. The molecule has 0 bridgehead atoms. The molecule has 1 heterocycles. The number of para-hydroxylation sites is 2. The number of aliphatic hydroxyl groups is 1. The van der Waals surface area contributed by atoms with Crippen molar-refractivity contribution in [2.24, 2.45) is 11.8 Å². The van der Waals surface area contributed by atoms with Crippen LogP contribution in [0.3, 0.4) is 0 Å². The van der Waals surface area contributed by atoms with Gasteiger partial charge in [-0.2, -0.15) is 0 Å². The first-order chi connectivity index (χ1) is 10.1. The van der Waals surface area contributed by atoms with Gasteiger partial charge < -0.3 is 20.5 Å². The Labute approximate surface area is 127 Å². The molecule has 3 N–H and O–H groups in total. The lowest BCUT2D eigenvalue weighted by molar-refractivity contribution is 0.0513. The van der Waals surface area contributed by atoms with Crippen molar-refractivity contribution in [3.05, 3.63) is 24.3 Å². The van der Waals surface area contributed by atoms with Crippen molar-refractivity contribution in [1.29, 1.82) is 0 Å². The van der Waals surface area contributed by atoms with Crippen molar-refractivity contribution in [3.63, 3.8) is 0 Å². The van der Waals surface area contributed by atoms with E-state index in [4.69, 9.17) is 10.5 Å². The second-order valence-electron chi connectivity index (χ2n) is 6.38. The number of hydrogen-bond acceptors (Lipinski definition) is 4. The molecule has 118 valence electrons. The van der Waals surface area contributed by atoms with Crippen LogP contribution in [-0.4, -0.2) is 42.4 Å². The molecule has 1 aromatic carbocycles. The number of likely N-dealkylation sites (tertiary alicyclic amines) is 1. The third-order valence-corrected chi connectivity index (χ3v) is 4.39. The molecule has 4 nitrogen and oxygen atoms in total. The molecule has 0 spiro atoms. The number of benzene rings is 1. The summed E-state index contributed by atoms with van der Waals surface area (Å²) in [7, 11) is 0. The summed E-state index contributed by atoms with van der Waals surface area (Å²) in [5.74, 6) is 2.25. The van der Waals surface area contributed by atoms with Crippen molar-refractivity contribution in [2.45, 2.75) is 32.8 Å². The van der Waals surface area contributed by atoms with Crippen molar-refractivity contribution >= 4 is 5.69 Å². The molecular formula is C17H28N2O2. The lowest BCUT2D eigenvalue weighted by Gasteiger charge is -2.34. The zero-order chi connectivity index (χ0) is 15.2. The summed E-state index contributed by atoms with van der Waals surface area (Å²) in [6.45, 7) is 7.72. The first kappa shape index (κ1) is 16.1. The number of ether oxygens (including phenoxy) is 1. The number of anilines is 1. The van der Waals surface area contributed by atoms with Gasteiger partial charge in [0.1, 0.15) is 18.5 Å².